The van der Waals surface area contributed by atoms with Gasteiger partial charge in [-0.25, -0.2) is 0 Å². The Labute approximate surface area is 390 Å². The van der Waals surface area contributed by atoms with Gasteiger partial charge in [-0.1, -0.05) is 146 Å². The molecule has 63 heavy (non-hydrogen) atoms. The summed E-state index contributed by atoms with van der Waals surface area (Å²) in [6.45, 7) is 0. The molecule has 0 N–H and O–H groups in total. The maximum absolute atomic E-state index is 2.51. The first-order valence-corrected chi connectivity index (χ1v) is 27.0. The third-order valence-electron chi connectivity index (χ3n) is 13.3. The Bertz CT molecular complexity index is 2270. The van der Waals surface area contributed by atoms with E-state index in [0.717, 1.165) is 112 Å². The summed E-state index contributed by atoms with van der Waals surface area (Å²) in [6, 6.07) is 58.8. The van der Waals surface area contributed by atoms with Crippen molar-refractivity contribution in [2.24, 2.45) is 0 Å². The molecule has 12 heterocycles. The van der Waals surface area contributed by atoms with Crippen molar-refractivity contribution >= 4 is 35.3 Å². The smallest absolute Gasteiger partial charge is 0.0188 e. The fourth-order valence-corrected chi connectivity index (χ4v) is 12.7. The third-order valence-corrected chi connectivity index (χ3v) is 16.6. The fourth-order valence-electron chi connectivity index (χ4n) is 9.93. The number of aryl methyl sites for hydroxylation is 12. The van der Waals surface area contributed by atoms with Gasteiger partial charge in [-0.05, 0) is 177 Å². The van der Waals surface area contributed by atoms with Crippen LogP contribution < -0.4 is 0 Å². The van der Waals surface area contributed by atoms with Gasteiger partial charge in [0, 0.05) is 34.5 Å². The van der Waals surface area contributed by atoms with Crippen LogP contribution in [0.2, 0.25) is 0 Å². The second-order valence-corrected chi connectivity index (χ2v) is 21.5. The molecule has 7 aromatic rings. The van der Waals surface area contributed by atoms with E-state index in [2.05, 4.69) is 181 Å². The Hall–Kier alpha value is -4.41. The Morgan fingerprint density at radius 3 is 0.460 bits per heavy atom. The minimum atomic E-state index is 1.04. The molecule has 0 aliphatic carbocycles. The van der Waals surface area contributed by atoms with Crippen LogP contribution in [-0.2, 0) is 112 Å². The zero-order chi connectivity index (χ0) is 42.2. The fraction of sp³-hybridized carbons (Fsp3) is 0.300. The topological polar surface area (TPSA) is 0 Å². The van der Waals surface area contributed by atoms with Gasteiger partial charge in [0.1, 0.15) is 0 Å². The zero-order valence-electron chi connectivity index (χ0n) is 36.8. The van der Waals surface area contributed by atoms with Crippen molar-refractivity contribution in [2.45, 2.75) is 112 Å². The summed E-state index contributed by atoms with van der Waals surface area (Å²) in [6.07, 6.45) is 12.9. The predicted molar refractivity (Wildman–Crippen MR) is 275 cm³/mol. The summed E-state index contributed by atoms with van der Waals surface area (Å²) < 4.78 is 0. The molecular weight excluding hydrogens is 817 g/mol. The van der Waals surface area contributed by atoms with E-state index >= 15 is 0 Å². The van der Waals surface area contributed by atoms with Crippen molar-refractivity contribution in [2.75, 3.05) is 0 Å². The standard InChI is InChI=1S/C60H60S3/c1-7-46-8-2-43(1)13-19-49-25-50-20-14-44-3-9-47(10-4-44)17-23-53-30-57-35-59(32-53)41-63-42-60-33-54(24-18-48-11-5-45(6-12-48)15-21-51(26-49)27-50)31-58(36-60)40-62-38-56-29-52(22-16-46)28-55(34-56)37-61-39-57/h1-12,25-36H,13-24,37-42H2. The molecule has 0 radical (unpaired) electrons. The maximum atomic E-state index is 2.51. The van der Waals surface area contributed by atoms with Crippen LogP contribution in [0, 0.1) is 0 Å². The van der Waals surface area contributed by atoms with Crippen LogP contribution >= 0.6 is 35.3 Å². The number of hydrogen-bond donors (Lipinski definition) is 0. The molecule has 0 spiro atoms. The average molecular weight is 877 g/mol. The van der Waals surface area contributed by atoms with Crippen LogP contribution in [0.25, 0.3) is 0 Å². The van der Waals surface area contributed by atoms with Crippen LogP contribution in [0.15, 0.2) is 146 Å². The normalized spacial score (nSPS) is 16.2. The molecule has 12 aliphatic heterocycles. The summed E-state index contributed by atoms with van der Waals surface area (Å²) >= 11 is 6.24. The lowest BCUT2D eigenvalue weighted by Crippen LogP contribution is -2.01. The average Bonchev–Trinajstić information content (AvgIpc) is 3.30. The lowest BCUT2D eigenvalue weighted by Gasteiger charge is -2.15. The van der Waals surface area contributed by atoms with Gasteiger partial charge in [0.05, 0.1) is 0 Å². The van der Waals surface area contributed by atoms with Gasteiger partial charge in [-0.2, -0.15) is 35.3 Å². The highest BCUT2D eigenvalue weighted by Gasteiger charge is 2.12. The molecule has 0 atom stereocenters. The zero-order valence-corrected chi connectivity index (χ0v) is 39.3. The molecule has 19 rings (SSSR count). The number of benzene rings is 7. The first-order valence-electron chi connectivity index (χ1n) is 23.5. The summed E-state index contributed by atoms with van der Waals surface area (Å²) in [5.41, 5.74) is 26.3. The second kappa shape index (κ2) is 20.6. The minimum Gasteiger partial charge on any atom is -0.152 e. The molecular formula is C60H60S3. The van der Waals surface area contributed by atoms with Crippen molar-refractivity contribution in [3.05, 3.63) is 246 Å². The molecule has 0 saturated carbocycles. The van der Waals surface area contributed by atoms with E-state index in [1.807, 2.05) is 0 Å². The summed E-state index contributed by atoms with van der Waals surface area (Å²) in [5.74, 6) is 6.25. The van der Waals surface area contributed by atoms with E-state index in [0.29, 0.717) is 0 Å². The number of thioether (sulfide) groups is 3. The summed E-state index contributed by atoms with van der Waals surface area (Å²) in [5, 5.41) is 0. The van der Waals surface area contributed by atoms with Gasteiger partial charge < -0.3 is 0 Å². The molecule has 3 heteroatoms. The van der Waals surface area contributed by atoms with Crippen LogP contribution in [0.4, 0.5) is 0 Å². The molecule has 18 bridgehead atoms. The number of hydrogen-bond acceptors (Lipinski definition) is 3. The van der Waals surface area contributed by atoms with Crippen molar-refractivity contribution in [1.82, 2.24) is 0 Å². The highest BCUT2D eigenvalue weighted by molar-refractivity contribution is 7.98. The Balaban J connectivity index is 1.05. The van der Waals surface area contributed by atoms with Crippen molar-refractivity contribution in [1.29, 1.82) is 0 Å². The number of rotatable bonds is 0. The second-order valence-electron chi connectivity index (χ2n) is 18.6. The van der Waals surface area contributed by atoms with Crippen molar-refractivity contribution in [3.8, 4) is 0 Å². The van der Waals surface area contributed by atoms with E-state index in [4.69, 9.17) is 0 Å². The van der Waals surface area contributed by atoms with Crippen molar-refractivity contribution < 1.29 is 0 Å². The first kappa shape index (κ1) is 42.5. The Morgan fingerprint density at radius 2 is 0.286 bits per heavy atom. The van der Waals surface area contributed by atoms with E-state index in [9.17, 15) is 0 Å². The van der Waals surface area contributed by atoms with Crippen LogP contribution in [0.1, 0.15) is 100 Å². The van der Waals surface area contributed by atoms with Gasteiger partial charge in [0.25, 0.3) is 0 Å². The Kier molecular flexibility index (Phi) is 13.9. The molecule has 7 aromatic carbocycles. The molecule has 0 unspecified atom stereocenters. The molecule has 12 aliphatic rings. The van der Waals surface area contributed by atoms with E-state index in [-0.39, 0.29) is 0 Å². The monoisotopic (exact) mass is 876 g/mol. The molecule has 0 saturated heterocycles. The molecule has 0 aromatic heterocycles. The van der Waals surface area contributed by atoms with Gasteiger partial charge in [-0.15, -0.1) is 0 Å². The maximum Gasteiger partial charge on any atom is 0.0188 e. The molecule has 0 fully saturated rings. The van der Waals surface area contributed by atoms with Crippen LogP contribution in [-0.4, -0.2) is 0 Å². The minimum absolute atomic E-state index is 1.04. The summed E-state index contributed by atoms with van der Waals surface area (Å²) in [4.78, 5) is 0. The van der Waals surface area contributed by atoms with Crippen molar-refractivity contribution in [3.63, 3.8) is 0 Å². The lowest BCUT2D eigenvalue weighted by molar-refractivity contribution is 0.898. The SMILES string of the molecule is c1cc2ccc1CCc1cc3cc(c1)CCc1ccc(cc1)CCc1cc4cc(c1)CSCc1cc(cc(c1)CSCc1cc(cc(c1)CSC4)CC2)CCc1ccc(cc1)CC3. The van der Waals surface area contributed by atoms with E-state index < -0.39 is 0 Å². The quantitative estimate of drug-likeness (QED) is 0.149. The van der Waals surface area contributed by atoms with Crippen LogP contribution in [0.3, 0.4) is 0 Å². The predicted octanol–water partition coefficient (Wildman–Crippen LogP) is 14.6. The van der Waals surface area contributed by atoms with Gasteiger partial charge in [0.15, 0.2) is 0 Å². The van der Waals surface area contributed by atoms with Gasteiger partial charge in [0.2, 0.25) is 0 Å². The lowest BCUT2D eigenvalue weighted by atomic mass is 9.93. The third kappa shape index (κ3) is 12.0. The van der Waals surface area contributed by atoms with Gasteiger partial charge in [-0.3, -0.25) is 0 Å². The highest BCUT2D eigenvalue weighted by atomic mass is 32.2. The van der Waals surface area contributed by atoms with E-state index in [1.54, 1.807) is 0 Å². The van der Waals surface area contributed by atoms with E-state index in [1.165, 1.54) is 100 Å². The Morgan fingerprint density at radius 1 is 0.159 bits per heavy atom. The van der Waals surface area contributed by atoms with Gasteiger partial charge >= 0.3 is 0 Å². The summed E-state index contributed by atoms with van der Waals surface area (Å²) in [7, 11) is 0. The highest BCUT2D eigenvalue weighted by Crippen LogP contribution is 2.30. The largest absolute Gasteiger partial charge is 0.152 e. The van der Waals surface area contributed by atoms with Crippen LogP contribution in [0.5, 0.6) is 0 Å². The first-order chi connectivity index (χ1) is 31.0. The molecule has 0 nitrogen and oxygen atoms in total. The molecule has 318 valence electrons. The molecule has 0 amide bonds.